The molecule has 0 bridgehead atoms. The highest BCUT2D eigenvalue weighted by atomic mass is 79.9. The molecule has 3 N–H and O–H groups in total. The first kappa shape index (κ1) is 16.6. The molecular formula is C13H18BrN3O3. The number of nitro groups is 1. The van der Waals surface area contributed by atoms with Gasteiger partial charge in [-0.1, -0.05) is 13.8 Å². The molecule has 0 unspecified atom stereocenters. The highest BCUT2D eigenvalue weighted by molar-refractivity contribution is 9.10. The van der Waals surface area contributed by atoms with E-state index < -0.39 is 10.5 Å². The molecule has 0 aliphatic rings. The minimum absolute atomic E-state index is 0.0653. The van der Waals surface area contributed by atoms with Gasteiger partial charge in [-0.2, -0.15) is 0 Å². The lowest BCUT2D eigenvalue weighted by atomic mass is 9.92. The van der Waals surface area contributed by atoms with Gasteiger partial charge in [0, 0.05) is 23.2 Å². The Morgan fingerprint density at radius 2 is 2.05 bits per heavy atom. The molecule has 1 aromatic carbocycles. The summed E-state index contributed by atoms with van der Waals surface area (Å²) in [7, 11) is 0. The first-order chi connectivity index (χ1) is 9.39. The molecule has 1 rings (SSSR count). The normalized spacial score (nSPS) is 11.2. The molecule has 0 fully saturated rings. The van der Waals surface area contributed by atoms with Crippen LogP contribution in [0.2, 0.25) is 0 Å². The number of carbonyl (C=O) groups is 1. The number of non-ortho nitro benzene ring substituents is 1. The second-order valence-electron chi connectivity index (χ2n) is 4.57. The predicted octanol–water partition coefficient (Wildman–Crippen LogP) is 2.60. The third kappa shape index (κ3) is 3.55. The molecule has 7 heteroatoms. The fourth-order valence-electron chi connectivity index (χ4n) is 1.88. The summed E-state index contributed by atoms with van der Waals surface area (Å²) in [5.74, 6) is -0.291. The molecule has 0 atom stereocenters. The van der Waals surface area contributed by atoms with E-state index in [1.54, 1.807) is 0 Å². The van der Waals surface area contributed by atoms with Crippen molar-refractivity contribution in [2.75, 3.05) is 6.54 Å². The number of nitrogens with zero attached hydrogens (tertiary/aromatic N) is 1. The largest absolute Gasteiger partial charge is 0.345 e. The average molecular weight is 344 g/mol. The molecule has 20 heavy (non-hydrogen) atoms. The van der Waals surface area contributed by atoms with E-state index in [0.717, 1.165) is 12.8 Å². The lowest BCUT2D eigenvalue weighted by Crippen LogP contribution is -2.52. The third-order valence-corrected chi connectivity index (χ3v) is 4.19. The van der Waals surface area contributed by atoms with Gasteiger partial charge in [0.15, 0.2) is 0 Å². The second kappa shape index (κ2) is 6.81. The minimum Gasteiger partial charge on any atom is -0.345 e. The maximum atomic E-state index is 12.3. The highest BCUT2D eigenvalue weighted by Crippen LogP contribution is 2.24. The summed E-state index contributed by atoms with van der Waals surface area (Å²) in [5, 5.41) is 13.6. The van der Waals surface area contributed by atoms with Crippen LogP contribution in [0.25, 0.3) is 0 Å². The SMILES string of the molecule is CCC(CC)(CN)NC(=O)c1ccc([N+](=O)[O-])cc1Br. The zero-order chi connectivity index (χ0) is 15.3. The molecule has 0 heterocycles. The number of carbonyl (C=O) groups excluding carboxylic acids is 1. The van der Waals surface area contributed by atoms with Crippen LogP contribution in [-0.2, 0) is 0 Å². The van der Waals surface area contributed by atoms with Gasteiger partial charge in [0.25, 0.3) is 11.6 Å². The summed E-state index contributed by atoms with van der Waals surface area (Å²) in [6.07, 6.45) is 1.44. The number of rotatable bonds is 6. The number of nitrogens with two attached hydrogens (primary N) is 1. The smallest absolute Gasteiger partial charge is 0.270 e. The molecule has 0 spiro atoms. The van der Waals surface area contributed by atoms with E-state index in [1.807, 2.05) is 13.8 Å². The van der Waals surface area contributed by atoms with Crippen molar-refractivity contribution >= 4 is 27.5 Å². The van der Waals surface area contributed by atoms with Crippen molar-refractivity contribution in [1.82, 2.24) is 5.32 Å². The van der Waals surface area contributed by atoms with E-state index in [4.69, 9.17) is 5.73 Å². The van der Waals surface area contributed by atoms with E-state index in [0.29, 0.717) is 16.6 Å². The summed E-state index contributed by atoms with van der Waals surface area (Å²) in [6.45, 7) is 4.26. The summed E-state index contributed by atoms with van der Waals surface area (Å²) in [6, 6.07) is 4.06. The van der Waals surface area contributed by atoms with E-state index in [2.05, 4.69) is 21.2 Å². The molecule has 6 nitrogen and oxygen atoms in total. The van der Waals surface area contributed by atoms with Crippen LogP contribution in [0.5, 0.6) is 0 Å². The van der Waals surface area contributed by atoms with Gasteiger partial charge in [-0.3, -0.25) is 14.9 Å². The Morgan fingerprint density at radius 1 is 1.45 bits per heavy atom. The maximum Gasteiger partial charge on any atom is 0.270 e. The maximum absolute atomic E-state index is 12.3. The van der Waals surface area contributed by atoms with Crippen LogP contribution in [0.15, 0.2) is 22.7 Å². The predicted molar refractivity (Wildman–Crippen MR) is 80.6 cm³/mol. The van der Waals surface area contributed by atoms with E-state index in [1.165, 1.54) is 18.2 Å². The van der Waals surface area contributed by atoms with Crippen molar-refractivity contribution in [2.24, 2.45) is 5.73 Å². The van der Waals surface area contributed by atoms with Gasteiger partial charge in [0.2, 0.25) is 0 Å². The van der Waals surface area contributed by atoms with E-state index >= 15 is 0 Å². The van der Waals surface area contributed by atoms with Crippen LogP contribution < -0.4 is 11.1 Å². The van der Waals surface area contributed by atoms with Crippen LogP contribution in [0.1, 0.15) is 37.0 Å². The van der Waals surface area contributed by atoms with Gasteiger partial charge in [0.1, 0.15) is 0 Å². The summed E-state index contributed by atoms with van der Waals surface area (Å²) < 4.78 is 0.391. The summed E-state index contributed by atoms with van der Waals surface area (Å²) in [4.78, 5) is 22.4. The van der Waals surface area contributed by atoms with Gasteiger partial charge in [-0.25, -0.2) is 0 Å². The Bertz CT molecular complexity index is 507. The molecule has 0 aromatic heterocycles. The van der Waals surface area contributed by atoms with Gasteiger partial charge in [-0.15, -0.1) is 0 Å². The average Bonchev–Trinajstić information content (AvgIpc) is 2.44. The van der Waals surface area contributed by atoms with Crippen LogP contribution in [-0.4, -0.2) is 22.9 Å². The Balaban J connectivity index is 3.01. The number of hydrogen-bond donors (Lipinski definition) is 2. The van der Waals surface area contributed by atoms with Crippen molar-refractivity contribution < 1.29 is 9.72 Å². The number of nitrogens with one attached hydrogen (secondary N) is 1. The van der Waals surface area contributed by atoms with E-state index in [-0.39, 0.29) is 11.6 Å². The number of nitro benzene ring substituents is 1. The molecule has 1 aromatic rings. The standard InChI is InChI=1S/C13H18BrN3O3/c1-3-13(4-2,8-15)16-12(18)10-6-5-9(17(19)20)7-11(10)14/h5-7H,3-4,8,15H2,1-2H3,(H,16,18). The third-order valence-electron chi connectivity index (χ3n) is 3.53. The second-order valence-corrected chi connectivity index (χ2v) is 5.42. The Morgan fingerprint density at radius 3 is 2.45 bits per heavy atom. The lowest BCUT2D eigenvalue weighted by Gasteiger charge is -2.31. The Hall–Kier alpha value is -1.47. The van der Waals surface area contributed by atoms with Gasteiger partial charge in [-0.05, 0) is 34.8 Å². The zero-order valence-corrected chi connectivity index (χ0v) is 13.1. The van der Waals surface area contributed by atoms with Gasteiger partial charge < -0.3 is 11.1 Å². The number of halogens is 1. The first-order valence-corrected chi connectivity index (χ1v) is 7.15. The Kier molecular flexibility index (Phi) is 5.64. The fourth-order valence-corrected chi connectivity index (χ4v) is 2.42. The van der Waals surface area contributed by atoms with Crippen molar-refractivity contribution in [1.29, 1.82) is 0 Å². The van der Waals surface area contributed by atoms with Crippen LogP contribution in [0.3, 0.4) is 0 Å². The van der Waals surface area contributed by atoms with Gasteiger partial charge >= 0.3 is 0 Å². The highest BCUT2D eigenvalue weighted by Gasteiger charge is 2.27. The van der Waals surface area contributed by atoms with Crippen LogP contribution in [0, 0.1) is 10.1 Å². The Labute approximate surface area is 126 Å². The molecule has 0 saturated heterocycles. The quantitative estimate of drug-likeness (QED) is 0.612. The molecule has 0 aliphatic carbocycles. The monoisotopic (exact) mass is 343 g/mol. The fraction of sp³-hybridized carbons (Fsp3) is 0.462. The molecule has 0 radical (unpaired) electrons. The number of hydrogen-bond acceptors (Lipinski definition) is 4. The molecule has 0 saturated carbocycles. The van der Waals surface area contributed by atoms with Crippen LogP contribution >= 0.6 is 15.9 Å². The lowest BCUT2D eigenvalue weighted by molar-refractivity contribution is -0.384. The number of amides is 1. The zero-order valence-electron chi connectivity index (χ0n) is 11.5. The van der Waals surface area contributed by atoms with Crippen molar-refractivity contribution in [2.45, 2.75) is 32.2 Å². The summed E-state index contributed by atoms with van der Waals surface area (Å²) in [5.41, 5.74) is 5.59. The molecule has 110 valence electrons. The number of benzene rings is 1. The minimum atomic E-state index is -0.505. The summed E-state index contributed by atoms with van der Waals surface area (Å²) >= 11 is 3.19. The first-order valence-electron chi connectivity index (χ1n) is 6.35. The molecule has 0 aliphatic heterocycles. The van der Waals surface area contributed by atoms with Crippen molar-refractivity contribution in [3.63, 3.8) is 0 Å². The van der Waals surface area contributed by atoms with Crippen molar-refractivity contribution in [3.05, 3.63) is 38.3 Å². The topological polar surface area (TPSA) is 98.3 Å². The van der Waals surface area contributed by atoms with Gasteiger partial charge in [0.05, 0.1) is 16.0 Å². The van der Waals surface area contributed by atoms with Crippen molar-refractivity contribution in [3.8, 4) is 0 Å². The van der Waals surface area contributed by atoms with Crippen LogP contribution in [0.4, 0.5) is 5.69 Å². The molecule has 1 amide bonds. The van der Waals surface area contributed by atoms with E-state index in [9.17, 15) is 14.9 Å². The molecular weight excluding hydrogens is 326 g/mol.